The van der Waals surface area contributed by atoms with Crippen LogP contribution in [0.4, 0.5) is 0 Å². The second-order valence-corrected chi connectivity index (χ2v) is 37.6. The maximum atomic E-state index is 4.30. The van der Waals surface area contributed by atoms with E-state index in [1.165, 1.54) is 42.8 Å². The van der Waals surface area contributed by atoms with Crippen LogP contribution in [-0.2, 0) is 6.51 Å². The zero-order chi connectivity index (χ0) is 14.8. The minimum absolute atomic E-state index is 1.09. The molecular weight excluding hydrogens is 340 g/mol. The molecule has 0 N–H and O–H groups in total. The summed E-state index contributed by atoms with van der Waals surface area (Å²) in [4.78, 5) is 14.0. The van der Waals surface area contributed by atoms with Gasteiger partial charge in [0.05, 0.1) is 0 Å². The Morgan fingerprint density at radius 1 is 0.565 bits per heavy atom. The van der Waals surface area contributed by atoms with E-state index < -0.39 is 6.51 Å². The van der Waals surface area contributed by atoms with E-state index in [1.54, 1.807) is 69.0 Å². The van der Waals surface area contributed by atoms with Crippen LogP contribution in [0.15, 0.2) is 0 Å². The van der Waals surface area contributed by atoms with Crippen molar-refractivity contribution >= 4 is 12.6 Å². The van der Waals surface area contributed by atoms with E-state index in [0.717, 1.165) is 5.75 Å². The Morgan fingerprint density at radius 3 is 1.35 bits per heavy atom. The Labute approximate surface area is 136 Å². The number of hydrogen-bond donors (Lipinski definition) is 1. The number of thiol groups is 1. The van der Waals surface area contributed by atoms with Crippen LogP contribution in [0.3, 0.4) is 0 Å². The molecule has 10 saturated heterocycles. The number of fused-ring (bicyclic) bond motifs is 10. The Hall–Kier alpha value is 0.869. The first-order valence-corrected chi connectivity index (χ1v) is 17.8. The van der Waals surface area contributed by atoms with Gasteiger partial charge in [0.2, 0.25) is 0 Å². The van der Waals surface area contributed by atoms with Gasteiger partial charge in [-0.15, -0.1) is 0 Å². The van der Waals surface area contributed by atoms with Gasteiger partial charge in [-0.2, -0.15) is 12.6 Å². The fourth-order valence-electron chi connectivity index (χ4n) is 19.1. The van der Waals surface area contributed by atoms with E-state index in [2.05, 4.69) is 12.6 Å². The van der Waals surface area contributed by atoms with Gasteiger partial charge in [-0.3, -0.25) is 0 Å². The molecule has 0 aromatic heterocycles. The summed E-state index contributed by atoms with van der Waals surface area (Å²) < 4.78 is 1.23. The van der Waals surface area contributed by atoms with Crippen LogP contribution in [0.5, 0.6) is 0 Å². The van der Waals surface area contributed by atoms with Crippen molar-refractivity contribution in [3.8, 4) is 0 Å². The standard InChI is InChI=1S/C16H27S.C5H5.Fe/c17-15-11-7-5-3-1-2-4-6-8-12-16-13-9-10-14-16;1-2-4-5-3-1;/h9-10,13-14,17H,1-8,11-12,15H2;1-5H;. The molecule has 4 unspecified atom stereocenters. The molecule has 0 saturated carbocycles. The molecule has 10 aliphatic rings. The van der Waals surface area contributed by atoms with Gasteiger partial charge in [0, 0.05) is 0 Å². The number of unbranched alkanes of at least 4 members (excludes halogenated alkanes) is 8. The molecule has 10 fully saturated rings. The van der Waals surface area contributed by atoms with Crippen molar-refractivity contribution in [2.24, 2.45) is 0 Å². The van der Waals surface area contributed by atoms with Crippen LogP contribution in [0.25, 0.3) is 0 Å². The van der Waals surface area contributed by atoms with Crippen molar-refractivity contribution in [2.75, 3.05) is 5.75 Å². The molecule has 0 nitrogen and oxygen atoms in total. The average Bonchev–Trinajstić information content (AvgIpc) is 3.50. The predicted octanol–water partition coefficient (Wildman–Crippen LogP) is 7.58. The van der Waals surface area contributed by atoms with E-state index in [4.69, 9.17) is 0 Å². The molecule has 0 bridgehead atoms. The number of rotatable bonds is 11. The Bertz CT molecular complexity index is 929. The molecule has 10 heterocycles. The fourth-order valence-corrected chi connectivity index (χ4v) is 94.7. The van der Waals surface area contributed by atoms with Crippen molar-refractivity contribution in [1.82, 2.24) is 0 Å². The molecule has 130 valence electrons. The van der Waals surface area contributed by atoms with E-state index in [-0.39, 0.29) is 0 Å². The van der Waals surface area contributed by atoms with Gasteiger partial charge in [-0.05, 0) is 0 Å². The summed E-state index contributed by atoms with van der Waals surface area (Å²) >= 11 is 4.30. The van der Waals surface area contributed by atoms with Gasteiger partial charge < -0.3 is 0 Å². The molecule has 0 aliphatic carbocycles. The van der Waals surface area contributed by atoms with Gasteiger partial charge in [0.1, 0.15) is 0 Å². The molecule has 10 rings (SSSR count). The van der Waals surface area contributed by atoms with Crippen LogP contribution in [0.1, 0.15) is 64.2 Å². The van der Waals surface area contributed by atoms with E-state index in [9.17, 15) is 0 Å². The van der Waals surface area contributed by atoms with E-state index in [0.29, 0.717) is 0 Å². The first-order valence-electron chi connectivity index (χ1n) is 10.9. The Morgan fingerprint density at radius 2 is 1.00 bits per heavy atom. The Balaban J connectivity index is 0.814. The van der Waals surface area contributed by atoms with Crippen LogP contribution >= 0.6 is 12.6 Å². The summed E-state index contributed by atoms with van der Waals surface area (Å²) in [5.74, 6) is 1.09. The van der Waals surface area contributed by atoms with Gasteiger partial charge in [-0.25, -0.2) is 0 Å². The molecule has 0 aromatic carbocycles. The quantitative estimate of drug-likeness (QED) is 0.216. The second kappa shape index (κ2) is 1.35. The zero-order valence-electron chi connectivity index (χ0n) is 14.3. The van der Waals surface area contributed by atoms with Crippen LogP contribution in [0, 0.1) is 0 Å². The van der Waals surface area contributed by atoms with Crippen LogP contribution < -0.4 is 0 Å². The summed E-state index contributed by atoms with van der Waals surface area (Å²) in [5, 5.41) is 0. The first-order chi connectivity index (χ1) is 11.1. The van der Waals surface area contributed by atoms with Crippen molar-refractivity contribution in [3.05, 3.63) is 0 Å². The third-order valence-corrected chi connectivity index (χ3v) is 61.1. The summed E-state index contributed by atoms with van der Waals surface area (Å²) in [7, 11) is 0. The first kappa shape index (κ1) is 11.6. The molecule has 10 aliphatic heterocycles. The molecule has 2 heteroatoms. The van der Waals surface area contributed by atoms with Crippen LogP contribution in [0.2, 0.25) is 47.7 Å². The van der Waals surface area contributed by atoms with Crippen molar-refractivity contribution < 1.29 is 6.51 Å². The van der Waals surface area contributed by atoms with Crippen LogP contribution in [-0.4, -0.2) is 5.75 Å². The van der Waals surface area contributed by atoms with Crippen molar-refractivity contribution in [3.63, 3.8) is 0 Å². The zero-order valence-corrected chi connectivity index (χ0v) is 16.3. The fraction of sp³-hybridized carbons (Fsp3) is 1.00. The van der Waals surface area contributed by atoms with Gasteiger partial charge in [0.25, 0.3) is 0 Å². The van der Waals surface area contributed by atoms with E-state index in [1.807, 2.05) is 0 Å². The molecule has 23 heavy (non-hydrogen) atoms. The Kier molecular flexibility index (Phi) is 0.680. The number of hydrogen-bond acceptors (Lipinski definition) is 1. The summed E-state index contributed by atoms with van der Waals surface area (Å²) in [6.45, 7) is -2.66. The van der Waals surface area contributed by atoms with Crippen molar-refractivity contribution in [1.29, 1.82) is 0 Å². The molecule has 0 aromatic rings. The third-order valence-electron chi connectivity index (χ3n) is 17.7. The van der Waals surface area contributed by atoms with Gasteiger partial charge in [0.15, 0.2) is 0 Å². The molecule has 4 atom stereocenters. The molecular formula is C21H32FeS. The molecule has 0 radical (unpaired) electrons. The molecule has 0 amide bonds. The normalized spacial score (nSPS) is 91.3. The third kappa shape index (κ3) is 0.194. The van der Waals surface area contributed by atoms with Gasteiger partial charge >= 0.3 is 124 Å². The van der Waals surface area contributed by atoms with Gasteiger partial charge in [-0.1, -0.05) is 0 Å². The minimum atomic E-state index is -2.66. The second-order valence-electron chi connectivity index (χ2n) is 13.5. The summed E-state index contributed by atoms with van der Waals surface area (Å²) in [6.07, 6.45) is 15.3. The van der Waals surface area contributed by atoms with Crippen molar-refractivity contribution in [2.45, 2.75) is 112 Å². The maximum absolute atomic E-state index is 4.30. The monoisotopic (exact) mass is 372 g/mol. The SMILES string of the molecule is SCCCCCCCCCCC[C]12[CH]3[CH]4[CH]5[CH]1[Fe]45321678[CH]2[CH]1[CH]6[CH]7[CH]28. The van der Waals surface area contributed by atoms with E-state index >= 15 is 0 Å². The predicted molar refractivity (Wildman–Crippen MR) is 96.5 cm³/mol. The topological polar surface area (TPSA) is 0 Å². The summed E-state index contributed by atoms with van der Waals surface area (Å²) in [6, 6.07) is 0. The summed E-state index contributed by atoms with van der Waals surface area (Å²) in [5.41, 5.74) is 0. The average molecular weight is 372 g/mol. The molecule has 1 spiro atoms.